The quantitative estimate of drug-likeness (QED) is 0.0200. The van der Waals surface area contributed by atoms with Gasteiger partial charge in [0.05, 0.1) is 89.6 Å². The molecule has 0 heterocycles. The van der Waals surface area contributed by atoms with Crippen LogP contribution in [0.5, 0.6) is 69.0 Å². The number of benzene rings is 8. The molecule has 0 aromatic heterocycles. The molecule has 0 N–H and O–H groups in total. The van der Waals surface area contributed by atoms with Crippen LogP contribution in [-0.4, -0.2) is 128 Å². The Hall–Kier alpha value is -9.09. The van der Waals surface area contributed by atoms with Crippen molar-refractivity contribution in [3.8, 4) is 69.0 Å². The Bertz CT molecular complexity index is 3530. The SMILES string of the molecule is C.CCN(C)C=Nc1cc(OC)c(Oc2ccccc2Br)cc1C(F)F.CCN(C)C=Nc1cc(OC)c(Oc2ccccc2Cl)cc1C(F)F.CCN(C)C=Nc1cc(OC)c(Oc2ccccc2F)cc1C(F)F.CCN(C)C=Nc1cc(OC)c(Oc2ccccc2I)cc1C(F)F. The van der Waals surface area contributed by atoms with Gasteiger partial charge >= 0.3 is 0 Å². The molecule has 544 valence electrons. The number of nitrogens with zero attached hydrogens (tertiary/aromatic N) is 8. The molecular formula is C73H80BrClF9IN8O8. The standard InChI is InChI=1S/C18H19BrF2N2O2.C18H19ClF2N2O2.C18H19F3N2O2.C18H19F2IN2O2.CH4/c3*1-4-23(2)11-22-14-10-16(24-3)17(9-12(14)18(20)21)25-15-8-6-5-7-13(15)19;1-4-23(2)11-22-14-10-16(24-3)17(9-12(14)18(19)20)25-15-8-6-5-7-13(15)21;/h4*5-11,18H,4H2,1-3H3;1H4. The van der Waals surface area contributed by atoms with Gasteiger partial charge in [0, 0.05) is 101 Å². The number of ether oxygens (including phenoxy) is 8. The molecule has 0 fully saturated rings. The Kier molecular flexibility index (Phi) is 35.8. The van der Waals surface area contributed by atoms with Crippen LogP contribution in [0, 0.1) is 9.39 Å². The second-order valence-corrected chi connectivity index (χ2v) is 23.3. The first-order valence-electron chi connectivity index (χ1n) is 30.5. The van der Waals surface area contributed by atoms with E-state index in [4.69, 9.17) is 49.5 Å². The highest BCUT2D eigenvalue weighted by molar-refractivity contribution is 14.1. The summed E-state index contributed by atoms with van der Waals surface area (Å²) in [5.74, 6) is 2.45. The van der Waals surface area contributed by atoms with Gasteiger partial charge in [0.1, 0.15) is 17.2 Å². The van der Waals surface area contributed by atoms with Crippen molar-refractivity contribution in [1.82, 2.24) is 19.6 Å². The number of alkyl halides is 8. The Balaban J connectivity index is 0.000000285. The fourth-order valence-electron chi connectivity index (χ4n) is 7.92. The minimum absolute atomic E-state index is 0. The summed E-state index contributed by atoms with van der Waals surface area (Å²) in [6.45, 7) is 10.5. The molecule has 0 radical (unpaired) electrons. The van der Waals surface area contributed by atoms with Crippen molar-refractivity contribution in [2.45, 2.75) is 60.8 Å². The smallest absolute Gasteiger partial charge is 0.266 e. The fourth-order valence-corrected chi connectivity index (χ4v) is 8.95. The van der Waals surface area contributed by atoms with Crippen LogP contribution in [0.3, 0.4) is 0 Å². The van der Waals surface area contributed by atoms with Crippen molar-refractivity contribution in [2.24, 2.45) is 20.0 Å². The molecular weight excluding hydrogens is 1530 g/mol. The van der Waals surface area contributed by atoms with E-state index < -0.39 is 31.5 Å². The third-order valence-electron chi connectivity index (χ3n) is 14.0. The highest BCUT2D eigenvalue weighted by Gasteiger charge is 2.24. The average Bonchev–Trinajstić information content (AvgIpc) is 0.831. The summed E-state index contributed by atoms with van der Waals surface area (Å²) >= 11 is 11.6. The van der Waals surface area contributed by atoms with Crippen molar-refractivity contribution in [3.05, 3.63) is 187 Å². The van der Waals surface area contributed by atoms with E-state index in [1.54, 1.807) is 88.3 Å². The largest absolute Gasteiger partial charge is 0.493 e. The molecule has 8 aromatic carbocycles. The number of halogens is 12. The summed E-state index contributed by atoms with van der Waals surface area (Å²) in [7, 11) is 12.9. The lowest BCUT2D eigenvalue weighted by Gasteiger charge is -2.15. The van der Waals surface area contributed by atoms with Gasteiger partial charge in [-0.25, -0.2) is 59.5 Å². The van der Waals surface area contributed by atoms with E-state index in [1.165, 1.54) is 114 Å². The van der Waals surface area contributed by atoms with E-state index in [9.17, 15) is 39.5 Å². The van der Waals surface area contributed by atoms with Crippen molar-refractivity contribution < 1.29 is 77.4 Å². The minimum atomic E-state index is -2.77. The molecule has 0 amide bonds. The molecule has 0 aliphatic heterocycles. The van der Waals surface area contributed by atoms with Crippen LogP contribution in [0.4, 0.5) is 62.3 Å². The van der Waals surface area contributed by atoms with Crippen LogP contribution in [0.25, 0.3) is 0 Å². The van der Waals surface area contributed by atoms with Crippen molar-refractivity contribution >= 4 is 98.2 Å². The van der Waals surface area contributed by atoms with Crippen LogP contribution >= 0.6 is 50.1 Å². The summed E-state index contributed by atoms with van der Waals surface area (Å²) in [5.41, 5.74) is -0.511. The molecule has 101 heavy (non-hydrogen) atoms. The number of hydrogen-bond donors (Lipinski definition) is 0. The highest BCUT2D eigenvalue weighted by atomic mass is 127. The minimum Gasteiger partial charge on any atom is -0.493 e. The molecule has 0 bridgehead atoms. The molecule has 0 aliphatic carbocycles. The molecule has 8 aromatic rings. The predicted molar refractivity (Wildman–Crippen MR) is 396 cm³/mol. The monoisotopic (exact) mass is 1610 g/mol. The summed E-state index contributed by atoms with van der Waals surface area (Å²) in [4.78, 5) is 23.6. The van der Waals surface area contributed by atoms with E-state index in [0.29, 0.717) is 57.9 Å². The zero-order valence-corrected chi connectivity index (χ0v) is 61.2. The summed E-state index contributed by atoms with van der Waals surface area (Å²) < 4.78 is 167. The molecule has 0 saturated heterocycles. The molecule has 0 saturated carbocycles. The summed E-state index contributed by atoms with van der Waals surface area (Å²) in [6.07, 6.45) is -4.87. The predicted octanol–water partition coefficient (Wildman–Crippen LogP) is 22.9. The lowest BCUT2D eigenvalue weighted by Crippen LogP contribution is -2.14. The maximum atomic E-state index is 13.8. The van der Waals surface area contributed by atoms with Gasteiger partial charge in [-0.3, -0.25) is 0 Å². The Labute approximate surface area is 610 Å². The highest BCUT2D eigenvalue weighted by Crippen LogP contribution is 2.47. The Morgan fingerprint density at radius 2 is 0.653 bits per heavy atom. The maximum Gasteiger partial charge on any atom is 0.266 e. The normalized spacial score (nSPS) is 11.0. The van der Waals surface area contributed by atoms with Crippen LogP contribution < -0.4 is 37.9 Å². The topological polar surface area (TPSA) is 136 Å². The fraction of sp³-hybridized carbons (Fsp3) is 0.288. The lowest BCUT2D eigenvalue weighted by atomic mass is 10.1. The first-order valence-corrected chi connectivity index (χ1v) is 32.8. The van der Waals surface area contributed by atoms with Crippen molar-refractivity contribution in [3.63, 3.8) is 0 Å². The Morgan fingerprint density at radius 3 is 0.950 bits per heavy atom. The third-order valence-corrected chi connectivity index (χ3v) is 15.8. The van der Waals surface area contributed by atoms with Gasteiger partial charge in [0.15, 0.2) is 57.6 Å². The van der Waals surface area contributed by atoms with Gasteiger partial charge in [-0.2, -0.15) is 0 Å². The van der Waals surface area contributed by atoms with Gasteiger partial charge < -0.3 is 57.5 Å². The average molecular weight is 1610 g/mol. The van der Waals surface area contributed by atoms with Crippen LogP contribution in [0.1, 0.15) is 83.1 Å². The summed E-state index contributed by atoms with van der Waals surface area (Å²) in [6, 6.07) is 37.6. The number of para-hydroxylation sites is 4. The van der Waals surface area contributed by atoms with Gasteiger partial charge in [-0.05, 0) is 139 Å². The van der Waals surface area contributed by atoms with Gasteiger partial charge in [-0.1, -0.05) is 67.6 Å². The molecule has 0 atom stereocenters. The third kappa shape index (κ3) is 25.8. The number of methoxy groups -OCH3 is 4. The molecule has 0 unspecified atom stereocenters. The molecule has 0 spiro atoms. The Morgan fingerprint density at radius 1 is 0.386 bits per heavy atom. The number of aliphatic imine (C=N–C) groups is 4. The lowest BCUT2D eigenvalue weighted by molar-refractivity contribution is 0.151. The van der Waals surface area contributed by atoms with E-state index in [1.807, 2.05) is 66.1 Å². The molecule has 0 aliphatic rings. The number of hydrogen-bond acceptors (Lipinski definition) is 12. The van der Waals surface area contributed by atoms with Crippen LogP contribution in [-0.2, 0) is 0 Å². The van der Waals surface area contributed by atoms with Crippen molar-refractivity contribution in [1.29, 1.82) is 0 Å². The van der Waals surface area contributed by atoms with Crippen molar-refractivity contribution in [2.75, 3.05) is 82.8 Å². The van der Waals surface area contributed by atoms with Gasteiger partial charge in [0.25, 0.3) is 25.7 Å². The molecule has 28 heteroatoms. The van der Waals surface area contributed by atoms with Crippen LogP contribution in [0.2, 0.25) is 5.02 Å². The zero-order chi connectivity index (χ0) is 73.6. The molecule has 16 nitrogen and oxygen atoms in total. The van der Waals surface area contributed by atoms with E-state index >= 15 is 0 Å². The van der Waals surface area contributed by atoms with E-state index in [2.05, 4.69) is 58.5 Å². The second-order valence-electron chi connectivity index (χ2n) is 20.9. The number of rotatable bonds is 28. The first kappa shape index (κ1) is 84.3. The summed E-state index contributed by atoms with van der Waals surface area (Å²) in [5, 5.41) is 0.370. The van der Waals surface area contributed by atoms with E-state index in [-0.39, 0.29) is 92.7 Å². The first-order chi connectivity index (χ1) is 47.8. The second kappa shape index (κ2) is 42.9. The van der Waals surface area contributed by atoms with Gasteiger partial charge in [0.2, 0.25) is 0 Å². The van der Waals surface area contributed by atoms with Crippen LogP contribution in [0.15, 0.2) is 170 Å². The zero-order valence-electron chi connectivity index (χ0n) is 56.7. The van der Waals surface area contributed by atoms with Gasteiger partial charge in [-0.15, -0.1) is 0 Å². The maximum absolute atomic E-state index is 13.8. The molecule has 8 rings (SSSR count). The van der Waals surface area contributed by atoms with E-state index in [0.717, 1.165) is 16.2 Å².